The molecule has 10 amide bonds. The lowest BCUT2D eigenvalue weighted by Gasteiger charge is -2.28. The van der Waals surface area contributed by atoms with Crippen LogP contribution >= 0.6 is 0 Å². The molecule has 15 atom stereocenters. The van der Waals surface area contributed by atoms with E-state index in [0.717, 1.165) is 114 Å². The zero-order valence-corrected chi connectivity index (χ0v) is 72.4. The largest absolute Gasteiger partial charge is 0.398 e. The fourth-order valence-electron chi connectivity index (χ4n) is 17.8. The lowest BCUT2D eigenvalue weighted by Crippen LogP contribution is -2.36. The molecule has 33 nitrogen and oxygen atoms in total. The number of amides is 10. The molecular weight excluding hydrogens is 1660 g/mol. The summed E-state index contributed by atoms with van der Waals surface area (Å²) >= 11 is 0. The number of anilines is 15. The van der Waals surface area contributed by atoms with Crippen LogP contribution in [0.4, 0.5) is 94.7 Å². The predicted octanol–water partition coefficient (Wildman–Crippen LogP) is 13.2. The fourth-order valence-corrected chi connectivity index (χ4v) is 17.8. The van der Waals surface area contributed by atoms with Crippen LogP contribution in [-0.2, 0) is 47.9 Å². The van der Waals surface area contributed by atoms with Gasteiger partial charge in [-0.2, -0.15) is 15.8 Å². The summed E-state index contributed by atoms with van der Waals surface area (Å²) in [7, 11) is 0. The van der Waals surface area contributed by atoms with Crippen molar-refractivity contribution >= 4 is 199 Å². The van der Waals surface area contributed by atoms with Crippen LogP contribution in [-0.4, -0.2) is 127 Å². The van der Waals surface area contributed by atoms with Gasteiger partial charge in [0.05, 0.1) is 65.6 Å². The van der Waals surface area contributed by atoms with Gasteiger partial charge in [-0.1, -0.05) is 13.8 Å². The molecule has 130 heavy (non-hydrogen) atoms. The molecule has 15 N–H and O–H groups in total. The zero-order chi connectivity index (χ0) is 92.3. The van der Waals surface area contributed by atoms with Gasteiger partial charge in [-0.05, 0) is 216 Å². The lowest BCUT2D eigenvalue weighted by atomic mass is 10.0. The highest BCUT2D eigenvalue weighted by Gasteiger charge is 2.48. The number of benzene rings is 5. The van der Waals surface area contributed by atoms with Crippen molar-refractivity contribution < 1.29 is 56.7 Å². The molecule has 10 unspecified atom stereocenters. The van der Waals surface area contributed by atoms with Crippen molar-refractivity contribution in [3.8, 4) is 18.2 Å². The Bertz CT molecular complexity index is 6190. The van der Waals surface area contributed by atoms with Crippen LogP contribution < -0.4 is 79.8 Å². The molecule has 35 heteroatoms. The van der Waals surface area contributed by atoms with E-state index in [9.17, 15) is 56.7 Å². The van der Waals surface area contributed by atoms with Crippen LogP contribution in [0.25, 0.3) is 53.9 Å². The molecule has 5 saturated heterocycles. The third-order valence-corrected chi connectivity index (χ3v) is 25.9. The van der Waals surface area contributed by atoms with E-state index in [-0.39, 0.29) is 138 Å². The van der Waals surface area contributed by atoms with Gasteiger partial charge in [-0.25, -0.2) is 33.7 Å². The number of pyridine rings is 5. The summed E-state index contributed by atoms with van der Waals surface area (Å²) in [5.41, 5.74) is 37.3. The maximum Gasteiger partial charge on any atom is 0.231 e. The molecule has 5 aromatic heterocycles. The number of alkyl halides is 2. The Labute approximate surface area is 746 Å². The van der Waals surface area contributed by atoms with Gasteiger partial charge in [-0.3, -0.25) is 47.9 Å². The number of nitrogens with zero attached hydrogens (tertiary/aromatic N) is 13. The normalized spacial score (nSPS) is 24.7. The zero-order valence-electron chi connectivity index (χ0n) is 72.4. The average Bonchev–Trinajstić information content (AvgIpc) is 1.76. The van der Waals surface area contributed by atoms with Crippen molar-refractivity contribution in [2.24, 2.45) is 53.3 Å². The maximum absolute atomic E-state index is 13.0. The molecule has 5 aliphatic heterocycles. The van der Waals surface area contributed by atoms with Gasteiger partial charge in [0, 0.05) is 177 Å². The van der Waals surface area contributed by atoms with E-state index in [1.165, 1.54) is 0 Å². The molecule has 0 radical (unpaired) electrons. The summed E-state index contributed by atoms with van der Waals surface area (Å²) in [6, 6.07) is 34.1. The highest BCUT2D eigenvalue weighted by atomic mass is 19.1. The Kier molecular flexibility index (Phi) is 24.6. The number of halogens is 2. The van der Waals surface area contributed by atoms with Gasteiger partial charge in [0.1, 0.15) is 41.4 Å². The number of carbonyl (C=O) groups is 10. The van der Waals surface area contributed by atoms with Gasteiger partial charge in [0.25, 0.3) is 0 Å². The predicted molar refractivity (Wildman–Crippen MR) is 492 cm³/mol. The molecule has 5 aromatic carbocycles. The van der Waals surface area contributed by atoms with Crippen molar-refractivity contribution in [2.45, 2.75) is 180 Å². The second-order valence-electron chi connectivity index (χ2n) is 35.7. The number of aromatic nitrogens is 5. The van der Waals surface area contributed by atoms with Crippen LogP contribution in [0.3, 0.4) is 0 Å². The summed E-state index contributed by atoms with van der Waals surface area (Å²) < 4.78 is 26.0. The van der Waals surface area contributed by atoms with Crippen molar-refractivity contribution in [1.82, 2.24) is 24.9 Å². The number of fused-ring (bicyclic) bond motifs is 5. The highest BCUT2D eigenvalue weighted by Crippen LogP contribution is 2.45. The minimum absolute atomic E-state index is 0.0801. The summed E-state index contributed by atoms with van der Waals surface area (Å²) in [5, 5.41) is 48.0. The third-order valence-electron chi connectivity index (χ3n) is 25.9. The second-order valence-corrected chi connectivity index (χ2v) is 35.7. The summed E-state index contributed by atoms with van der Waals surface area (Å²) in [6.45, 7) is 12.3. The molecule has 20 rings (SSSR count). The van der Waals surface area contributed by atoms with Crippen molar-refractivity contribution in [1.29, 1.82) is 15.8 Å². The minimum atomic E-state index is -1.05. The fraction of sp³-hybridized carbons (Fsp3) is 0.389. The van der Waals surface area contributed by atoms with Gasteiger partial charge in [-0.15, -0.1) is 0 Å². The van der Waals surface area contributed by atoms with Crippen LogP contribution in [0, 0.1) is 87.3 Å². The SMILES string of the molecule is CC(C)C1CCC(=O)N1c1cc(N)c2cnc(NC(=O)C3CC3C#N)cc2c1.CC1CCC(=O)N1c1cc(N)c2cnc(NC(=O)C3CC3C#N)cc2c1.CC1CCC(=O)N1c1cc(N)c2cnc(NC(=O)C3CC3F)cc2c1.CC1CCC(=O)N1c1cc(N)c2cnc(NC(=O)[C@@H]3C[C@@H]3F)cc2c1.C[C@@H]1CCC(=O)N1c1cc(N)c2cnc(NC(=O)[C@@H]3C[C@H]3C#N)cc2c1. The van der Waals surface area contributed by atoms with Gasteiger partial charge in [0.15, 0.2) is 0 Å². The number of hydrogen-bond donors (Lipinski definition) is 10. The van der Waals surface area contributed by atoms with Crippen molar-refractivity contribution in [3.05, 3.63) is 122 Å². The molecule has 0 spiro atoms. The molecule has 668 valence electrons. The monoisotopic (exact) mass is 1760 g/mol. The smallest absolute Gasteiger partial charge is 0.231 e. The van der Waals surface area contributed by atoms with Gasteiger partial charge < -0.3 is 79.8 Å². The van der Waals surface area contributed by atoms with Crippen LogP contribution in [0.2, 0.25) is 0 Å². The van der Waals surface area contributed by atoms with E-state index in [1.807, 2.05) is 69.0 Å². The molecule has 5 saturated carbocycles. The molecular formula is C95H99F2N23O10. The quantitative estimate of drug-likeness (QED) is 0.0402. The topological polar surface area (TPSA) is 513 Å². The Morgan fingerprint density at radius 2 is 0.546 bits per heavy atom. The number of nitrogens with one attached hydrogen (secondary N) is 5. The van der Waals surface area contributed by atoms with Crippen LogP contribution in [0.1, 0.15) is 138 Å². The number of nitrogens with two attached hydrogens (primary N) is 5. The molecule has 10 heterocycles. The number of nitriles is 3. The number of nitrogen functional groups attached to an aromatic ring is 5. The first-order valence-electron chi connectivity index (χ1n) is 43.8. The maximum atomic E-state index is 13.0. The second kappa shape index (κ2) is 36.1. The Morgan fingerprint density at radius 1 is 0.338 bits per heavy atom. The first-order valence-corrected chi connectivity index (χ1v) is 43.8. The number of carbonyl (C=O) groups excluding carboxylic acids is 10. The Hall–Kier alpha value is -14.8. The van der Waals surface area contributed by atoms with Gasteiger partial charge in [0.2, 0.25) is 59.1 Å². The van der Waals surface area contributed by atoms with Gasteiger partial charge >= 0.3 is 0 Å². The standard InChI is InChI=1S/C21H23N5O2.2C19H19N5O2.2C18H19FN4O2/c1-11(2)18-3-4-20(27)26(18)14-5-12-7-19(24-10-16(12)17(23)8-14)25-21(28)15-6-13(15)9-22;2*1-10-2-3-18(25)24(10)13-4-11-6-17(22-9-15(11)16(21)7-13)23-19(26)14-5-12(14)8-20;2*1-9-2-3-17(24)23(9)11-4-10-5-16(21-8-13(10)15(20)6-11)22-18(25)12-7-14(12)19/h5,7-8,10-11,13,15,18H,3-4,6,23H2,1-2H3,(H,24,25,28);2*4,6-7,9-10,12,14H,2-3,5,21H2,1H3,(H,22,23,26);2*4-6,8-9,12,14H,2-3,7,20H2,1H3,(H,21,22,25)/t;10-,12+,14-;;9?,12-,14+;/m.1.1./s1. The summed E-state index contributed by atoms with van der Waals surface area (Å²) in [5.74, 6) is -0.978. The van der Waals surface area contributed by atoms with Crippen LogP contribution in [0.5, 0.6) is 0 Å². The molecule has 5 aliphatic carbocycles. The lowest BCUT2D eigenvalue weighted by molar-refractivity contribution is -0.118. The summed E-state index contributed by atoms with van der Waals surface area (Å²) in [6.07, 6.45) is 15.1. The minimum Gasteiger partial charge on any atom is -0.398 e. The first-order chi connectivity index (χ1) is 62.2. The van der Waals surface area contributed by atoms with E-state index in [1.54, 1.807) is 105 Å². The van der Waals surface area contributed by atoms with E-state index in [2.05, 4.69) is 83.6 Å². The molecule has 10 aliphatic rings. The third kappa shape index (κ3) is 18.8. The van der Waals surface area contributed by atoms with Crippen molar-refractivity contribution in [2.75, 3.05) is 79.8 Å². The highest BCUT2D eigenvalue weighted by molar-refractivity contribution is 6.10. The summed E-state index contributed by atoms with van der Waals surface area (Å²) in [4.78, 5) is 151. The van der Waals surface area contributed by atoms with E-state index in [4.69, 9.17) is 44.5 Å². The average molecular weight is 1760 g/mol. The number of rotatable bonds is 16. The van der Waals surface area contributed by atoms with E-state index in [0.29, 0.717) is 115 Å². The first kappa shape index (κ1) is 88.6. The van der Waals surface area contributed by atoms with E-state index < -0.39 is 24.2 Å². The van der Waals surface area contributed by atoms with Crippen molar-refractivity contribution in [3.63, 3.8) is 0 Å². The Morgan fingerprint density at radius 3 is 0.738 bits per heavy atom. The Balaban J connectivity index is 0.000000119. The van der Waals surface area contributed by atoms with Crippen LogP contribution in [0.15, 0.2) is 122 Å². The van der Waals surface area contributed by atoms with E-state index >= 15 is 0 Å². The molecule has 0 bridgehead atoms. The number of hydrogen-bond acceptors (Lipinski definition) is 23. The molecule has 10 fully saturated rings. The molecule has 10 aromatic rings.